The lowest BCUT2D eigenvalue weighted by atomic mass is 9.82. The first-order valence-corrected chi connectivity index (χ1v) is 4.74. The van der Waals surface area contributed by atoms with Gasteiger partial charge in [-0.05, 0) is 24.7 Å². The normalized spacial score (nSPS) is 34.0. The molecule has 2 amide bonds. The molecule has 2 fully saturated rings. The molecule has 3 N–H and O–H groups in total. The van der Waals surface area contributed by atoms with Crippen LogP contribution in [-0.4, -0.2) is 18.4 Å². The number of amides is 2. The summed E-state index contributed by atoms with van der Waals surface area (Å²) in [6, 6.07) is 0. The summed E-state index contributed by atoms with van der Waals surface area (Å²) in [7, 11) is 0. The summed E-state index contributed by atoms with van der Waals surface area (Å²) in [6.45, 7) is 0.440. The second-order valence-electron chi connectivity index (χ2n) is 4.02. The third kappa shape index (κ3) is 1.66. The summed E-state index contributed by atoms with van der Waals surface area (Å²) in [4.78, 5) is 22.2. The number of hydrogen-bond donors (Lipinski definition) is 2. The molecule has 0 bridgehead atoms. The molecule has 2 unspecified atom stereocenters. The molecule has 4 nitrogen and oxygen atoms in total. The summed E-state index contributed by atoms with van der Waals surface area (Å²) >= 11 is 0. The maximum Gasteiger partial charge on any atom is 0.222 e. The van der Waals surface area contributed by atoms with E-state index in [-0.39, 0.29) is 23.7 Å². The molecule has 2 rings (SSSR count). The average Bonchev–Trinajstić information content (AvgIpc) is 2.85. The zero-order valence-corrected chi connectivity index (χ0v) is 7.45. The van der Waals surface area contributed by atoms with Crippen LogP contribution in [0.3, 0.4) is 0 Å². The number of primary amides is 1. The van der Waals surface area contributed by atoms with E-state index in [1.54, 1.807) is 0 Å². The summed E-state index contributed by atoms with van der Waals surface area (Å²) in [6.07, 6.45) is 2.79. The van der Waals surface area contributed by atoms with Gasteiger partial charge in [0.15, 0.2) is 0 Å². The van der Waals surface area contributed by atoms with Crippen molar-refractivity contribution in [3.05, 3.63) is 0 Å². The highest BCUT2D eigenvalue weighted by Gasteiger charge is 2.42. The molecule has 0 aromatic rings. The molecular weight excluding hydrogens is 168 g/mol. The van der Waals surface area contributed by atoms with Gasteiger partial charge in [0.05, 0.1) is 5.92 Å². The minimum absolute atomic E-state index is 0.0643. The van der Waals surface area contributed by atoms with Crippen molar-refractivity contribution >= 4 is 11.8 Å². The lowest BCUT2D eigenvalue weighted by Crippen LogP contribution is -2.47. The van der Waals surface area contributed by atoms with Crippen LogP contribution < -0.4 is 11.1 Å². The van der Waals surface area contributed by atoms with Gasteiger partial charge in [-0.1, -0.05) is 0 Å². The van der Waals surface area contributed by atoms with Crippen molar-refractivity contribution in [1.29, 1.82) is 0 Å². The van der Waals surface area contributed by atoms with Gasteiger partial charge in [0, 0.05) is 13.0 Å². The molecule has 0 aromatic carbocycles. The van der Waals surface area contributed by atoms with E-state index in [4.69, 9.17) is 5.73 Å². The Kier molecular flexibility index (Phi) is 1.98. The van der Waals surface area contributed by atoms with E-state index < -0.39 is 0 Å². The fourth-order valence-corrected chi connectivity index (χ4v) is 2.13. The molecule has 13 heavy (non-hydrogen) atoms. The highest BCUT2D eigenvalue weighted by atomic mass is 16.2. The molecule has 0 aromatic heterocycles. The quantitative estimate of drug-likeness (QED) is 0.611. The Morgan fingerprint density at radius 2 is 2.15 bits per heavy atom. The van der Waals surface area contributed by atoms with Gasteiger partial charge in [-0.2, -0.15) is 0 Å². The van der Waals surface area contributed by atoms with E-state index in [0.29, 0.717) is 18.9 Å². The van der Waals surface area contributed by atoms with Gasteiger partial charge in [0.2, 0.25) is 11.8 Å². The molecule has 0 radical (unpaired) electrons. The number of piperidine rings is 1. The number of nitrogens with two attached hydrogens (primary N) is 1. The van der Waals surface area contributed by atoms with Crippen molar-refractivity contribution in [1.82, 2.24) is 5.32 Å². The van der Waals surface area contributed by atoms with Gasteiger partial charge in [0.1, 0.15) is 0 Å². The maximum absolute atomic E-state index is 11.1. The Hall–Kier alpha value is -1.06. The van der Waals surface area contributed by atoms with Gasteiger partial charge in [-0.25, -0.2) is 0 Å². The number of hydrogen-bond acceptors (Lipinski definition) is 2. The van der Waals surface area contributed by atoms with Gasteiger partial charge in [-0.3, -0.25) is 9.59 Å². The largest absolute Gasteiger partial charge is 0.369 e. The lowest BCUT2D eigenvalue weighted by molar-refractivity contribution is -0.130. The molecular formula is C9H14N2O2. The first-order valence-electron chi connectivity index (χ1n) is 4.74. The summed E-state index contributed by atoms with van der Waals surface area (Å²) in [5.41, 5.74) is 5.28. The molecule has 0 spiro atoms. The van der Waals surface area contributed by atoms with Gasteiger partial charge in [0.25, 0.3) is 0 Å². The Balaban J connectivity index is 2.07. The predicted octanol–water partition coefficient (Wildman–Crippen LogP) is -0.366. The molecule has 4 heteroatoms. The van der Waals surface area contributed by atoms with E-state index in [0.717, 1.165) is 12.8 Å². The first-order chi connectivity index (χ1) is 6.18. The fourth-order valence-electron chi connectivity index (χ4n) is 2.13. The van der Waals surface area contributed by atoms with E-state index in [9.17, 15) is 9.59 Å². The van der Waals surface area contributed by atoms with Crippen LogP contribution in [0.5, 0.6) is 0 Å². The van der Waals surface area contributed by atoms with Crippen LogP contribution in [0.1, 0.15) is 19.3 Å². The van der Waals surface area contributed by atoms with Crippen LogP contribution in [-0.2, 0) is 9.59 Å². The number of rotatable bonds is 2. The first kappa shape index (κ1) is 8.53. The van der Waals surface area contributed by atoms with Gasteiger partial charge in [-0.15, -0.1) is 0 Å². The van der Waals surface area contributed by atoms with Crippen molar-refractivity contribution in [2.75, 3.05) is 6.54 Å². The predicted molar refractivity (Wildman–Crippen MR) is 46.5 cm³/mol. The minimum Gasteiger partial charge on any atom is -0.369 e. The van der Waals surface area contributed by atoms with Crippen molar-refractivity contribution < 1.29 is 9.59 Å². The highest BCUT2D eigenvalue weighted by Crippen LogP contribution is 2.43. The smallest absolute Gasteiger partial charge is 0.222 e. The zero-order valence-electron chi connectivity index (χ0n) is 7.45. The Labute approximate surface area is 76.9 Å². The van der Waals surface area contributed by atoms with Crippen molar-refractivity contribution in [2.45, 2.75) is 19.3 Å². The SMILES string of the molecule is NC(=O)C1CNC(=O)CC1C1CC1. The molecule has 1 aliphatic carbocycles. The minimum atomic E-state index is -0.267. The summed E-state index contributed by atoms with van der Waals surface area (Å²) < 4.78 is 0. The third-order valence-electron chi connectivity index (χ3n) is 3.05. The monoisotopic (exact) mass is 182 g/mol. The number of carbonyl (C=O) groups excluding carboxylic acids is 2. The summed E-state index contributed by atoms with van der Waals surface area (Å²) in [5, 5.41) is 2.69. The van der Waals surface area contributed by atoms with E-state index in [1.165, 1.54) is 0 Å². The van der Waals surface area contributed by atoms with Crippen molar-refractivity contribution in [3.63, 3.8) is 0 Å². The van der Waals surface area contributed by atoms with Crippen LogP contribution in [0.15, 0.2) is 0 Å². The molecule has 2 aliphatic rings. The van der Waals surface area contributed by atoms with Crippen molar-refractivity contribution in [3.8, 4) is 0 Å². The van der Waals surface area contributed by atoms with Gasteiger partial charge >= 0.3 is 0 Å². The number of nitrogens with one attached hydrogen (secondary N) is 1. The molecule has 1 heterocycles. The van der Waals surface area contributed by atoms with Gasteiger partial charge < -0.3 is 11.1 Å². The molecule has 72 valence electrons. The molecule has 2 atom stereocenters. The fraction of sp³-hybridized carbons (Fsp3) is 0.778. The maximum atomic E-state index is 11.1. The van der Waals surface area contributed by atoms with Crippen molar-refractivity contribution in [2.24, 2.45) is 23.5 Å². The van der Waals surface area contributed by atoms with E-state index in [2.05, 4.69) is 5.32 Å². The van der Waals surface area contributed by atoms with Crippen LogP contribution in [0.25, 0.3) is 0 Å². The second kappa shape index (κ2) is 3.01. The Bertz CT molecular complexity index is 248. The highest BCUT2D eigenvalue weighted by molar-refractivity contribution is 5.83. The van der Waals surface area contributed by atoms with Crippen LogP contribution in [0.4, 0.5) is 0 Å². The lowest BCUT2D eigenvalue weighted by Gasteiger charge is -2.29. The Morgan fingerprint density at radius 3 is 2.69 bits per heavy atom. The third-order valence-corrected chi connectivity index (χ3v) is 3.05. The Morgan fingerprint density at radius 1 is 1.46 bits per heavy atom. The van der Waals surface area contributed by atoms with Crippen LogP contribution in [0, 0.1) is 17.8 Å². The standard InChI is InChI=1S/C9H14N2O2/c10-9(13)7-4-11-8(12)3-6(7)5-1-2-5/h5-7H,1-4H2,(H2,10,13)(H,11,12). The zero-order chi connectivity index (χ0) is 9.42. The van der Waals surface area contributed by atoms with E-state index >= 15 is 0 Å². The molecule has 1 saturated heterocycles. The number of carbonyl (C=O) groups is 2. The molecule has 1 saturated carbocycles. The molecule has 1 aliphatic heterocycles. The second-order valence-corrected chi connectivity index (χ2v) is 4.02. The van der Waals surface area contributed by atoms with E-state index in [1.807, 2.05) is 0 Å². The average molecular weight is 182 g/mol. The topological polar surface area (TPSA) is 72.2 Å². The van der Waals surface area contributed by atoms with Crippen LogP contribution in [0.2, 0.25) is 0 Å². The van der Waals surface area contributed by atoms with Crippen LogP contribution >= 0.6 is 0 Å². The summed E-state index contributed by atoms with van der Waals surface area (Å²) in [5.74, 6) is 0.450.